The van der Waals surface area contributed by atoms with Crippen LogP contribution in [0, 0.1) is 5.92 Å². The van der Waals surface area contributed by atoms with Crippen LogP contribution in [0.15, 0.2) is 0 Å². The number of hydrogen-bond acceptors (Lipinski definition) is 4. The summed E-state index contributed by atoms with van der Waals surface area (Å²) in [6, 6.07) is 1.13. The predicted octanol–water partition coefficient (Wildman–Crippen LogP) is 0.998. The normalized spacial score (nSPS) is 34.2. The lowest BCUT2D eigenvalue weighted by Gasteiger charge is -2.47. The van der Waals surface area contributed by atoms with Gasteiger partial charge in [0.05, 0.1) is 0 Å². The van der Waals surface area contributed by atoms with Gasteiger partial charge in [0.25, 0.3) is 0 Å². The number of hydrogen-bond donors (Lipinski definition) is 2. The van der Waals surface area contributed by atoms with Crippen molar-refractivity contribution in [1.29, 1.82) is 0 Å². The summed E-state index contributed by atoms with van der Waals surface area (Å²) < 4.78 is 0. The van der Waals surface area contributed by atoms with Crippen LogP contribution < -0.4 is 5.32 Å². The second-order valence-electron chi connectivity index (χ2n) is 7.53. The zero-order chi connectivity index (χ0) is 15.0. The number of carboxylic acids is 1. The van der Waals surface area contributed by atoms with E-state index >= 15 is 0 Å². The van der Waals surface area contributed by atoms with E-state index < -0.39 is 11.5 Å². The van der Waals surface area contributed by atoms with Gasteiger partial charge < -0.3 is 14.9 Å². The highest BCUT2D eigenvalue weighted by molar-refractivity contribution is 5.78. The van der Waals surface area contributed by atoms with E-state index in [4.69, 9.17) is 0 Å². The smallest absolute Gasteiger partial charge is 0.324 e. The highest BCUT2D eigenvalue weighted by atomic mass is 16.4. The summed E-state index contributed by atoms with van der Waals surface area (Å²) in [4.78, 5) is 16.6. The van der Waals surface area contributed by atoms with Crippen LogP contribution in [0.3, 0.4) is 0 Å². The average Bonchev–Trinajstić information content (AvgIpc) is 3.22. The Kier molecular flexibility index (Phi) is 4.26. The van der Waals surface area contributed by atoms with Gasteiger partial charge in [-0.05, 0) is 65.1 Å². The van der Waals surface area contributed by atoms with E-state index in [1.165, 1.54) is 25.8 Å². The van der Waals surface area contributed by atoms with Gasteiger partial charge in [0.2, 0.25) is 0 Å². The maximum atomic E-state index is 11.7. The lowest BCUT2D eigenvalue weighted by molar-refractivity contribution is -0.145. The number of rotatable bonds is 5. The maximum absolute atomic E-state index is 11.7. The lowest BCUT2D eigenvalue weighted by atomic mass is 9.83. The summed E-state index contributed by atoms with van der Waals surface area (Å²) in [5.74, 6) is 0.00811. The van der Waals surface area contributed by atoms with E-state index in [-0.39, 0.29) is 0 Å². The topological polar surface area (TPSA) is 55.8 Å². The van der Waals surface area contributed by atoms with Gasteiger partial charge in [-0.1, -0.05) is 0 Å². The van der Waals surface area contributed by atoms with E-state index in [0.29, 0.717) is 18.6 Å². The molecule has 3 unspecified atom stereocenters. The van der Waals surface area contributed by atoms with Gasteiger partial charge in [-0.25, -0.2) is 0 Å². The number of aliphatic carboxylic acids is 1. The predicted molar refractivity (Wildman–Crippen MR) is 82.4 cm³/mol. The van der Waals surface area contributed by atoms with Crippen molar-refractivity contribution in [2.45, 2.75) is 56.7 Å². The van der Waals surface area contributed by atoms with Crippen LogP contribution in [0.1, 0.15) is 39.0 Å². The number of carbonyl (C=O) groups is 1. The summed E-state index contributed by atoms with van der Waals surface area (Å²) >= 11 is 0. The first-order valence-corrected chi connectivity index (χ1v) is 8.41. The summed E-state index contributed by atoms with van der Waals surface area (Å²) in [6.45, 7) is 5.79. The minimum absolute atomic E-state index is 0.421. The Balaban J connectivity index is 1.60. The van der Waals surface area contributed by atoms with Crippen molar-refractivity contribution in [2.75, 3.05) is 33.2 Å². The second-order valence-corrected chi connectivity index (χ2v) is 7.53. The fourth-order valence-electron chi connectivity index (χ4n) is 4.17. The van der Waals surface area contributed by atoms with Gasteiger partial charge in [-0.3, -0.25) is 10.1 Å². The van der Waals surface area contributed by atoms with Crippen LogP contribution in [0.2, 0.25) is 0 Å². The van der Waals surface area contributed by atoms with E-state index in [1.54, 1.807) is 0 Å². The Hall–Kier alpha value is -0.650. The Morgan fingerprint density at radius 2 is 2.05 bits per heavy atom. The molecule has 0 aromatic carbocycles. The van der Waals surface area contributed by atoms with Gasteiger partial charge in [0.1, 0.15) is 5.54 Å². The van der Waals surface area contributed by atoms with Crippen molar-refractivity contribution >= 4 is 5.97 Å². The monoisotopic (exact) mass is 295 g/mol. The molecule has 3 rings (SSSR count). The number of carboxylic acid groups (broad SMARTS) is 1. The van der Waals surface area contributed by atoms with Crippen LogP contribution in [-0.2, 0) is 4.79 Å². The Morgan fingerprint density at radius 3 is 2.71 bits per heavy atom. The third kappa shape index (κ3) is 3.41. The molecule has 1 saturated carbocycles. The molecular formula is C16H29N3O2. The van der Waals surface area contributed by atoms with E-state index in [1.807, 2.05) is 6.92 Å². The van der Waals surface area contributed by atoms with Crippen molar-refractivity contribution in [1.82, 2.24) is 15.1 Å². The first-order chi connectivity index (χ1) is 9.98. The van der Waals surface area contributed by atoms with Crippen LogP contribution in [0.4, 0.5) is 0 Å². The summed E-state index contributed by atoms with van der Waals surface area (Å²) in [6.07, 6.45) is 6.00. The minimum Gasteiger partial charge on any atom is -0.480 e. The quantitative estimate of drug-likeness (QED) is 0.792. The summed E-state index contributed by atoms with van der Waals surface area (Å²) in [5, 5.41) is 13.0. The molecule has 1 aliphatic carbocycles. The minimum atomic E-state index is -0.797. The third-order valence-corrected chi connectivity index (χ3v) is 5.54. The van der Waals surface area contributed by atoms with Crippen molar-refractivity contribution < 1.29 is 9.90 Å². The SMILES string of the molecule is CN1CCCC2CN(CC(C)(NC3CC3)C(=O)O)CCC21. The van der Waals surface area contributed by atoms with E-state index in [9.17, 15) is 9.90 Å². The molecule has 0 amide bonds. The van der Waals surface area contributed by atoms with E-state index in [2.05, 4.69) is 22.2 Å². The zero-order valence-corrected chi connectivity index (χ0v) is 13.3. The summed E-state index contributed by atoms with van der Waals surface area (Å²) in [7, 11) is 2.24. The molecule has 0 spiro atoms. The molecule has 0 aromatic rings. The molecule has 5 nitrogen and oxygen atoms in total. The molecule has 3 atom stereocenters. The molecule has 2 saturated heterocycles. The fraction of sp³-hybridized carbons (Fsp3) is 0.938. The Morgan fingerprint density at radius 1 is 1.29 bits per heavy atom. The summed E-state index contributed by atoms with van der Waals surface area (Å²) in [5.41, 5.74) is -0.797. The number of fused-ring (bicyclic) bond motifs is 1. The number of nitrogens with one attached hydrogen (secondary N) is 1. The fourth-order valence-corrected chi connectivity index (χ4v) is 4.17. The Bertz CT molecular complexity index is 399. The van der Waals surface area contributed by atoms with Gasteiger partial charge in [-0.15, -0.1) is 0 Å². The van der Waals surface area contributed by atoms with Crippen LogP contribution in [0.5, 0.6) is 0 Å². The van der Waals surface area contributed by atoms with Crippen molar-refractivity contribution in [3.63, 3.8) is 0 Å². The molecule has 0 bridgehead atoms. The van der Waals surface area contributed by atoms with Crippen molar-refractivity contribution in [2.24, 2.45) is 5.92 Å². The van der Waals surface area contributed by atoms with Gasteiger partial charge in [0, 0.05) is 25.2 Å². The molecule has 2 N–H and O–H groups in total. The van der Waals surface area contributed by atoms with Gasteiger partial charge in [0.15, 0.2) is 0 Å². The second kappa shape index (κ2) is 5.86. The average molecular weight is 295 g/mol. The largest absolute Gasteiger partial charge is 0.480 e. The van der Waals surface area contributed by atoms with E-state index in [0.717, 1.165) is 31.8 Å². The molecule has 2 heterocycles. The van der Waals surface area contributed by atoms with Crippen molar-refractivity contribution in [3.8, 4) is 0 Å². The molecular weight excluding hydrogens is 266 g/mol. The molecule has 0 aromatic heterocycles. The maximum Gasteiger partial charge on any atom is 0.324 e. The lowest BCUT2D eigenvalue weighted by Crippen LogP contribution is -2.61. The molecule has 0 radical (unpaired) electrons. The molecule has 5 heteroatoms. The van der Waals surface area contributed by atoms with Crippen LogP contribution in [-0.4, -0.2) is 71.7 Å². The molecule has 2 aliphatic heterocycles. The van der Waals surface area contributed by atoms with Crippen molar-refractivity contribution in [3.05, 3.63) is 0 Å². The highest BCUT2D eigenvalue weighted by Crippen LogP contribution is 2.31. The zero-order valence-electron chi connectivity index (χ0n) is 13.3. The first-order valence-electron chi connectivity index (χ1n) is 8.41. The van der Waals surface area contributed by atoms with Gasteiger partial charge >= 0.3 is 5.97 Å². The molecule has 3 aliphatic rings. The number of nitrogens with zero attached hydrogens (tertiary/aromatic N) is 2. The standard InChI is InChI=1S/C16H29N3O2/c1-16(15(20)21,17-13-5-6-13)11-19-9-7-14-12(10-19)4-3-8-18(14)2/h12-14,17H,3-11H2,1-2H3,(H,20,21). The molecule has 3 fully saturated rings. The Labute approximate surface area is 127 Å². The van der Waals surface area contributed by atoms with Crippen LogP contribution in [0.25, 0.3) is 0 Å². The van der Waals surface area contributed by atoms with Crippen LogP contribution >= 0.6 is 0 Å². The van der Waals surface area contributed by atoms with Gasteiger partial charge in [-0.2, -0.15) is 0 Å². The first kappa shape index (κ1) is 15.3. The molecule has 120 valence electrons. The third-order valence-electron chi connectivity index (χ3n) is 5.54. The molecule has 21 heavy (non-hydrogen) atoms. The number of piperidine rings is 2. The highest BCUT2D eigenvalue weighted by Gasteiger charge is 2.42. The number of likely N-dealkylation sites (tertiary alicyclic amines) is 2.